The molecule has 62 heavy (non-hydrogen) atoms. The number of H-pyrrole nitrogens is 2. The first-order chi connectivity index (χ1) is 30.0. The highest BCUT2D eigenvalue weighted by Gasteiger charge is 2.39. The van der Waals surface area contributed by atoms with E-state index in [0.29, 0.717) is 25.5 Å². The second-order valence-electron chi connectivity index (χ2n) is 17.4. The molecular formula is C48H54N8O6. The molecule has 1 unspecified atom stereocenters. The number of nitrogens with two attached hydrogens (primary N) is 1. The van der Waals surface area contributed by atoms with Gasteiger partial charge in [-0.3, -0.25) is 9.59 Å². The van der Waals surface area contributed by atoms with E-state index >= 15 is 0 Å². The Morgan fingerprint density at radius 3 is 1.98 bits per heavy atom. The first-order valence-corrected chi connectivity index (χ1v) is 21.7. The average Bonchev–Trinajstić information content (AvgIpc) is 4.14. The van der Waals surface area contributed by atoms with Crippen molar-refractivity contribution in [1.29, 1.82) is 0 Å². The SMILES string of the molecule is COC(=O)N[C@H](C(=O)N1CCC[C@H]1c1ncc(-c2ccc3c(c2)OC(c2ccccc2)C2=C3COc3cc(-c4cnc([C@@H]5CCCN5C(=O)[C@@H](N)C(C)C)[nH]4)ccc32)[nH]1)C(C)C. The van der Waals surface area contributed by atoms with Gasteiger partial charge in [0.2, 0.25) is 11.8 Å². The van der Waals surface area contributed by atoms with Crippen molar-refractivity contribution < 1.29 is 28.6 Å². The van der Waals surface area contributed by atoms with Gasteiger partial charge in [-0.05, 0) is 55.2 Å². The first kappa shape index (κ1) is 41.0. The number of rotatable bonds is 10. The molecule has 14 nitrogen and oxygen atoms in total. The number of hydrogen-bond donors (Lipinski definition) is 4. The van der Waals surface area contributed by atoms with Crippen LogP contribution in [0.3, 0.4) is 0 Å². The fourth-order valence-corrected chi connectivity index (χ4v) is 9.32. The average molecular weight is 839 g/mol. The van der Waals surface area contributed by atoms with Gasteiger partial charge in [-0.25, -0.2) is 14.8 Å². The number of hydrogen-bond acceptors (Lipinski definition) is 9. The van der Waals surface area contributed by atoms with Crippen molar-refractivity contribution in [1.82, 2.24) is 35.1 Å². The Morgan fingerprint density at radius 1 is 0.790 bits per heavy atom. The maximum absolute atomic E-state index is 13.8. The van der Waals surface area contributed by atoms with E-state index in [-0.39, 0.29) is 35.7 Å². The van der Waals surface area contributed by atoms with Crippen molar-refractivity contribution in [3.05, 3.63) is 107 Å². The predicted octanol–water partition coefficient (Wildman–Crippen LogP) is 7.59. The number of fused-ring (bicyclic) bond motifs is 4. The molecule has 9 rings (SSSR count). The summed E-state index contributed by atoms with van der Waals surface area (Å²) in [6.07, 6.45) is 5.93. The Labute approximate surface area is 361 Å². The molecule has 322 valence electrons. The van der Waals surface area contributed by atoms with Crippen LogP contribution in [0.2, 0.25) is 0 Å². The Bertz CT molecular complexity index is 2530. The molecule has 0 saturated carbocycles. The van der Waals surface area contributed by atoms with Crippen molar-refractivity contribution in [2.75, 3.05) is 26.8 Å². The maximum Gasteiger partial charge on any atom is 0.407 e. The van der Waals surface area contributed by atoms with E-state index in [4.69, 9.17) is 29.9 Å². The monoisotopic (exact) mass is 838 g/mol. The predicted molar refractivity (Wildman–Crippen MR) is 235 cm³/mol. The minimum absolute atomic E-state index is 0.0310. The number of likely N-dealkylation sites (tertiary alicyclic amines) is 2. The van der Waals surface area contributed by atoms with Gasteiger partial charge in [-0.1, -0.05) is 82.3 Å². The summed E-state index contributed by atoms with van der Waals surface area (Å²) in [4.78, 5) is 59.3. The summed E-state index contributed by atoms with van der Waals surface area (Å²) < 4.78 is 18.4. The minimum atomic E-state index is -0.712. The van der Waals surface area contributed by atoms with Gasteiger partial charge in [0.05, 0.1) is 49.0 Å². The van der Waals surface area contributed by atoms with Crippen molar-refractivity contribution in [2.45, 2.75) is 83.6 Å². The number of nitrogens with zero attached hydrogens (tertiary/aromatic N) is 4. The maximum atomic E-state index is 13.8. The smallest absolute Gasteiger partial charge is 0.407 e. The molecule has 5 aromatic rings. The molecule has 14 heteroatoms. The summed E-state index contributed by atoms with van der Waals surface area (Å²) in [5.41, 5.74) is 14.8. The van der Waals surface area contributed by atoms with Crippen molar-refractivity contribution in [3.63, 3.8) is 0 Å². The molecule has 2 fully saturated rings. The van der Waals surface area contributed by atoms with Gasteiger partial charge in [-0.15, -0.1) is 0 Å². The number of aromatic amines is 2. The summed E-state index contributed by atoms with van der Waals surface area (Å²) >= 11 is 0. The van der Waals surface area contributed by atoms with Crippen LogP contribution in [0.1, 0.15) is 99.9 Å². The van der Waals surface area contributed by atoms with E-state index in [1.54, 1.807) is 6.20 Å². The number of alkyl carbamates (subject to hydrolysis) is 1. The van der Waals surface area contributed by atoms with Gasteiger partial charge in [-0.2, -0.15) is 0 Å². The molecule has 4 aliphatic heterocycles. The van der Waals surface area contributed by atoms with E-state index in [1.165, 1.54) is 7.11 Å². The standard InChI is InChI=1S/C48H54N8O6/c1-26(2)41(49)46(57)55-19-9-13-36(55)44-50-23-34(52-44)29-16-18-32-38(21-29)61-25-33-31-17-15-30(22-39(31)62-43(40(32)33)28-11-7-6-8-12-28)35-24-51-45(53-35)37-14-10-20-56(37)47(58)42(27(3)4)54-48(59)60-5/h6-8,11-12,15-18,21-24,26-27,36-37,41-43H,9-10,13-14,19-20,25,49H2,1-5H3,(H,50,52)(H,51,53)(H,54,59)/t36-,37-,41-,42-,43?/m0/s1. The number of imidazole rings is 2. The van der Waals surface area contributed by atoms with Crippen LogP contribution in [0.25, 0.3) is 33.7 Å². The molecule has 0 bridgehead atoms. The molecule has 3 amide bonds. The van der Waals surface area contributed by atoms with Crippen LogP contribution in [-0.4, -0.2) is 86.5 Å². The minimum Gasteiger partial charge on any atom is -0.488 e. The Kier molecular flexibility index (Phi) is 11.1. The molecule has 5 N–H and O–H groups in total. The number of nitrogens with one attached hydrogen (secondary N) is 3. The number of benzene rings is 3. The zero-order chi connectivity index (χ0) is 43.2. The third kappa shape index (κ3) is 7.50. The molecule has 2 saturated heterocycles. The quantitative estimate of drug-likeness (QED) is 0.110. The largest absolute Gasteiger partial charge is 0.488 e. The number of amides is 3. The zero-order valence-corrected chi connectivity index (χ0v) is 35.8. The lowest BCUT2D eigenvalue weighted by Crippen LogP contribution is -2.51. The molecule has 6 heterocycles. The lowest BCUT2D eigenvalue weighted by Gasteiger charge is -2.35. The summed E-state index contributed by atoms with van der Waals surface area (Å²) in [7, 11) is 1.29. The number of aromatic nitrogens is 4. The van der Waals surface area contributed by atoms with Crippen LogP contribution in [0.15, 0.2) is 79.1 Å². The third-order valence-corrected chi connectivity index (χ3v) is 12.8. The fourth-order valence-electron chi connectivity index (χ4n) is 9.32. The highest BCUT2D eigenvalue weighted by atomic mass is 16.5. The van der Waals surface area contributed by atoms with Crippen molar-refractivity contribution in [2.24, 2.45) is 17.6 Å². The zero-order valence-electron chi connectivity index (χ0n) is 35.8. The molecule has 0 aliphatic carbocycles. The lowest BCUT2D eigenvalue weighted by molar-refractivity contribution is -0.136. The van der Waals surface area contributed by atoms with E-state index in [9.17, 15) is 14.4 Å². The number of carbonyl (C=O) groups is 3. The molecular weight excluding hydrogens is 785 g/mol. The van der Waals surface area contributed by atoms with Gasteiger partial charge in [0.25, 0.3) is 0 Å². The van der Waals surface area contributed by atoms with Crippen LogP contribution >= 0.6 is 0 Å². The van der Waals surface area contributed by atoms with Crippen LogP contribution in [0.4, 0.5) is 4.79 Å². The Balaban J connectivity index is 0.996. The topological polar surface area (TPSA) is 181 Å². The van der Waals surface area contributed by atoms with Crippen LogP contribution in [0, 0.1) is 11.8 Å². The summed E-state index contributed by atoms with van der Waals surface area (Å²) in [5, 5.41) is 2.72. The Hall–Kier alpha value is -6.41. The van der Waals surface area contributed by atoms with E-state index in [1.807, 2.05) is 68.0 Å². The molecule has 2 aromatic heterocycles. The fraction of sp³-hybridized carbons (Fsp3) is 0.396. The van der Waals surface area contributed by atoms with Crippen molar-refractivity contribution in [3.8, 4) is 34.0 Å². The number of methoxy groups -OCH3 is 1. The van der Waals surface area contributed by atoms with Crippen molar-refractivity contribution >= 4 is 29.1 Å². The molecule has 5 atom stereocenters. The van der Waals surface area contributed by atoms with Gasteiger partial charge in [0.15, 0.2) is 0 Å². The van der Waals surface area contributed by atoms with E-state index < -0.39 is 24.3 Å². The second kappa shape index (κ2) is 16.8. The second-order valence-corrected chi connectivity index (χ2v) is 17.4. The lowest BCUT2D eigenvalue weighted by atomic mass is 9.83. The van der Waals surface area contributed by atoms with Gasteiger partial charge < -0.3 is 45.0 Å². The van der Waals surface area contributed by atoms with Gasteiger partial charge >= 0.3 is 6.09 Å². The van der Waals surface area contributed by atoms with E-state index in [0.717, 1.165) is 93.4 Å². The van der Waals surface area contributed by atoms with Crippen LogP contribution < -0.4 is 20.5 Å². The summed E-state index contributed by atoms with van der Waals surface area (Å²) in [6, 6.07) is 21.0. The normalized spacial score (nSPS) is 20.3. The highest BCUT2D eigenvalue weighted by molar-refractivity contribution is 6.00. The number of ether oxygens (including phenoxy) is 3. The van der Waals surface area contributed by atoms with E-state index in [2.05, 4.69) is 57.7 Å². The molecule has 0 spiro atoms. The first-order valence-electron chi connectivity index (χ1n) is 21.7. The highest BCUT2D eigenvalue weighted by Crippen LogP contribution is 2.52. The van der Waals surface area contributed by atoms with Gasteiger partial charge in [0.1, 0.15) is 41.9 Å². The summed E-state index contributed by atoms with van der Waals surface area (Å²) in [6.45, 7) is 9.36. The molecule has 4 aliphatic rings. The van der Waals surface area contributed by atoms with Crippen LogP contribution in [0.5, 0.6) is 11.5 Å². The molecule has 3 aromatic carbocycles. The third-order valence-electron chi connectivity index (χ3n) is 12.8. The Morgan fingerprint density at radius 2 is 1.39 bits per heavy atom. The van der Waals surface area contributed by atoms with Gasteiger partial charge in [0, 0.05) is 46.5 Å². The number of carbonyl (C=O) groups excluding carboxylic acids is 3. The molecule has 0 radical (unpaired) electrons. The van der Waals surface area contributed by atoms with Crippen LogP contribution in [-0.2, 0) is 14.3 Å². The summed E-state index contributed by atoms with van der Waals surface area (Å²) in [5.74, 6) is 2.70.